The molecule has 2 heterocycles. The number of hydrogen-bond acceptors (Lipinski definition) is 5. The average molecular weight is 482 g/mol. The smallest absolute Gasteiger partial charge is 0.237 e. The number of aromatic nitrogens is 4. The van der Waals surface area contributed by atoms with Crippen molar-refractivity contribution in [1.82, 2.24) is 19.7 Å². The molecule has 0 unspecified atom stereocenters. The maximum atomic E-state index is 13.3. The van der Waals surface area contributed by atoms with Crippen molar-refractivity contribution in [2.75, 3.05) is 5.32 Å². The van der Waals surface area contributed by atoms with Crippen LogP contribution in [0.4, 0.5) is 10.1 Å². The van der Waals surface area contributed by atoms with E-state index >= 15 is 0 Å². The third kappa shape index (κ3) is 5.07. The Morgan fingerprint density at radius 2 is 1.82 bits per heavy atom. The number of carbonyl (C=O) groups is 1. The van der Waals surface area contributed by atoms with Gasteiger partial charge in [-0.25, -0.2) is 4.39 Å². The molecule has 1 N–H and O–H groups in total. The van der Waals surface area contributed by atoms with Crippen molar-refractivity contribution >= 4 is 35.0 Å². The molecular formula is C24H21ClFN5OS. The van der Waals surface area contributed by atoms with Crippen LogP contribution in [-0.4, -0.2) is 30.9 Å². The lowest BCUT2D eigenvalue weighted by molar-refractivity contribution is -0.115. The third-order valence-corrected chi connectivity index (χ3v) is 6.52. The van der Waals surface area contributed by atoms with Crippen LogP contribution in [-0.2, 0) is 4.79 Å². The fraction of sp³-hybridized carbons (Fsp3) is 0.167. The molecule has 4 rings (SSSR count). The Kier molecular flexibility index (Phi) is 6.76. The minimum Gasteiger partial charge on any atom is -0.324 e. The van der Waals surface area contributed by atoms with Gasteiger partial charge in [0.25, 0.3) is 0 Å². The molecule has 0 radical (unpaired) electrons. The number of nitrogens with one attached hydrogen (secondary N) is 1. The molecule has 0 fully saturated rings. The van der Waals surface area contributed by atoms with Crippen LogP contribution in [0.2, 0.25) is 5.02 Å². The van der Waals surface area contributed by atoms with Crippen molar-refractivity contribution in [2.24, 2.45) is 0 Å². The molecule has 0 aliphatic carbocycles. The van der Waals surface area contributed by atoms with Gasteiger partial charge in [0.15, 0.2) is 11.0 Å². The first kappa shape index (κ1) is 22.9. The largest absolute Gasteiger partial charge is 0.324 e. The van der Waals surface area contributed by atoms with Gasteiger partial charge in [0.1, 0.15) is 5.82 Å². The molecule has 2 aromatic heterocycles. The van der Waals surface area contributed by atoms with Crippen molar-refractivity contribution in [1.29, 1.82) is 0 Å². The van der Waals surface area contributed by atoms with E-state index in [1.54, 1.807) is 19.3 Å². The lowest BCUT2D eigenvalue weighted by atomic mass is 10.1. The first-order valence-electron chi connectivity index (χ1n) is 10.2. The predicted molar refractivity (Wildman–Crippen MR) is 129 cm³/mol. The number of carbonyl (C=O) groups excluding carboxylic acids is 1. The van der Waals surface area contributed by atoms with Crippen molar-refractivity contribution in [3.05, 3.63) is 82.9 Å². The molecule has 1 amide bonds. The fourth-order valence-electron chi connectivity index (χ4n) is 3.17. The van der Waals surface area contributed by atoms with E-state index in [0.717, 1.165) is 22.9 Å². The average Bonchev–Trinajstić information content (AvgIpc) is 3.21. The van der Waals surface area contributed by atoms with E-state index in [2.05, 4.69) is 33.5 Å². The number of aryl methyl sites for hydroxylation is 2. The molecule has 0 saturated heterocycles. The van der Waals surface area contributed by atoms with Crippen molar-refractivity contribution in [3.63, 3.8) is 0 Å². The van der Waals surface area contributed by atoms with Crippen LogP contribution in [0.1, 0.15) is 18.1 Å². The van der Waals surface area contributed by atoms with Crippen LogP contribution in [0.25, 0.3) is 17.1 Å². The number of hydrogen-bond donors (Lipinski definition) is 1. The molecule has 0 spiro atoms. The van der Waals surface area contributed by atoms with Gasteiger partial charge in [0.2, 0.25) is 5.91 Å². The molecule has 2 aromatic carbocycles. The van der Waals surface area contributed by atoms with E-state index in [0.29, 0.717) is 16.7 Å². The highest BCUT2D eigenvalue weighted by Crippen LogP contribution is 2.31. The first-order chi connectivity index (χ1) is 15.8. The Bertz CT molecular complexity index is 1310. The molecule has 0 aliphatic heterocycles. The number of benzene rings is 2. The Morgan fingerprint density at radius 3 is 2.52 bits per heavy atom. The highest BCUT2D eigenvalue weighted by Gasteiger charge is 2.22. The SMILES string of the molecule is Cc1ccc(-n2c(S[C@H](C)C(=O)Nc3ccc(F)cc3Cl)nnc2-c2ccncc2)cc1C. The van der Waals surface area contributed by atoms with Gasteiger partial charge in [0.05, 0.1) is 21.6 Å². The molecule has 168 valence electrons. The lowest BCUT2D eigenvalue weighted by Gasteiger charge is -2.15. The molecule has 1 atom stereocenters. The van der Waals surface area contributed by atoms with Gasteiger partial charge in [-0.3, -0.25) is 14.3 Å². The number of pyridine rings is 1. The minimum atomic E-state index is -0.522. The van der Waals surface area contributed by atoms with Crippen LogP contribution in [0.15, 0.2) is 66.1 Å². The Hall–Kier alpha value is -3.23. The second-order valence-corrected chi connectivity index (χ2v) is 9.23. The van der Waals surface area contributed by atoms with E-state index in [-0.39, 0.29) is 10.9 Å². The van der Waals surface area contributed by atoms with E-state index < -0.39 is 11.1 Å². The zero-order chi connectivity index (χ0) is 23.5. The van der Waals surface area contributed by atoms with Gasteiger partial charge < -0.3 is 5.32 Å². The summed E-state index contributed by atoms with van der Waals surface area (Å²) in [5.41, 5.74) is 4.41. The van der Waals surface area contributed by atoms with E-state index in [1.165, 1.54) is 29.5 Å². The first-order valence-corrected chi connectivity index (χ1v) is 11.5. The van der Waals surface area contributed by atoms with Crippen molar-refractivity contribution < 1.29 is 9.18 Å². The van der Waals surface area contributed by atoms with Crippen LogP contribution in [0, 0.1) is 19.7 Å². The Balaban J connectivity index is 1.66. The second-order valence-electron chi connectivity index (χ2n) is 7.52. The predicted octanol–water partition coefficient (Wildman–Crippen LogP) is 5.86. The maximum absolute atomic E-state index is 13.3. The van der Waals surface area contributed by atoms with Gasteiger partial charge in [-0.05, 0) is 74.4 Å². The summed E-state index contributed by atoms with van der Waals surface area (Å²) in [7, 11) is 0. The van der Waals surface area contributed by atoms with Crippen LogP contribution in [0.5, 0.6) is 0 Å². The fourth-order valence-corrected chi connectivity index (χ4v) is 4.25. The number of nitrogens with zero attached hydrogens (tertiary/aromatic N) is 4. The lowest BCUT2D eigenvalue weighted by Crippen LogP contribution is -2.23. The molecule has 33 heavy (non-hydrogen) atoms. The molecular weight excluding hydrogens is 461 g/mol. The zero-order valence-electron chi connectivity index (χ0n) is 18.2. The number of halogens is 2. The normalized spacial score (nSPS) is 11.9. The van der Waals surface area contributed by atoms with Crippen molar-refractivity contribution in [2.45, 2.75) is 31.2 Å². The van der Waals surface area contributed by atoms with Gasteiger partial charge >= 0.3 is 0 Å². The highest BCUT2D eigenvalue weighted by molar-refractivity contribution is 8.00. The number of anilines is 1. The quantitative estimate of drug-likeness (QED) is 0.349. The van der Waals surface area contributed by atoms with E-state index in [9.17, 15) is 9.18 Å². The standard InChI is InChI=1S/C24H21ClFN5OS/c1-14-4-6-19(12-15(14)2)31-22(17-8-10-27-11-9-17)29-30-24(31)33-16(3)23(32)28-21-7-5-18(26)13-20(21)25/h4-13,16H,1-3H3,(H,28,32)/t16-/m1/s1. The maximum Gasteiger partial charge on any atom is 0.237 e. The van der Waals surface area contributed by atoms with E-state index in [1.807, 2.05) is 35.8 Å². The highest BCUT2D eigenvalue weighted by atomic mass is 35.5. The van der Waals surface area contributed by atoms with Gasteiger partial charge in [-0.15, -0.1) is 10.2 Å². The summed E-state index contributed by atoms with van der Waals surface area (Å²) in [5.74, 6) is -0.100. The summed E-state index contributed by atoms with van der Waals surface area (Å²) in [6.45, 7) is 5.87. The number of amides is 1. The Labute approximate surface area is 200 Å². The summed E-state index contributed by atoms with van der Waals surface area (Å²) in [4.78, 5) is 16.9. The van der Waals surface area contributed by atoms with Gasteiger partial charge in [-0.1, -0.05) is 29.4 Å². The van der Waals surface area contributed by atoms with Gasteiger partial charge in [-0.2, -0.15) is 0 Å². The van der Waals surface area contributed by atoms with Gasteiger partial charge in [0, 0.05) is 18.0 Å². The van der Waals surface area contributed by atoms with Crippen molar-refractivity contribution in [3.8, 4) is 17.1 Å². The summed E-state index contributed by atoms with van der Waals surface area (Å²) in [6.07, 6.45) is 3.40. The zero-order valence-corrected chi connectivity index (χ0v) is 19.8. The van der Waals surface area contributed by atoms with Crippen LogP contribution >= 0.6 is 23.4 Å². The molecule has 9 heteroatoms. The summed E-state index contributed by atoms with van der Waals surface area (Å²) < 4.78 is 15.2. The van der Waals surface area contributed by atoms with E-state index in [4.69, 9.17) is 11.6 Å². The van der Waals surface area contributed by atoms with Crippen LogP contribution < -0.4 is 5.32 Å². The minimum absolute atomic E-state index is 0.138. The number of rotatable bonds is 6. The summed E-state index contributed by atoms with van der Waals surface area (Å²) >= 11 is 7.32. The molecule has 0 aliphatic rings. The monoisotopic (exact) mass is 481 g/mol. The molecule has 0 saturated carbocycles. The molecule has 6 nitrogen and oxygen atoms in total. The third-order valence-electron chi connectivity index (χ3n) is 5.16. The second kappa shape index (κ2) is 9.72. The summed E-state index contributed by atoms with van der Waals surface area (Å²) in [6, 6.07) is 13.7. The summed E-state index contributed by atoms with van der Waals surface area (Å²) in [5, 5.41) is 11.7. The Morgan fingerprint density at radius 1 is 1.06 bits per heavy atom. The molecule has 4 aromatic rings. The molecule has 0 bridgehead atoms. The topological polar surface area (TPSA) is 72.7 Å². The van der Waals surface area contributed by atoms with Crippen LogP contribution in [0.3, 0.4) is 0 Å². The number of thioether (sulfide) groups is 1.